The molecule has 0 amide bonds. The Hall–Kier alpha value is -5.38. The van der Waals surface area contributed by atoms with Crippen molar-refractivity contribution in [3.8, 4) is 11.1 Å². The highest BCUT2D eigenvalue weighted by molar-refractivity contribution is 7.27. The van der Waals surface area contributed by atoms with Crippen LogP contribution in [0.3, 0.4) is 0 Å². The van der Waals surface area contributed by atoms with Gasteiger partial charge in [-0.2, -0.15) is 0 Å². The highest BCUT2D eigenvalue weighted by Crippen LogP contribution is 2.52. The molecule has 9 rings (SSSR count). The van der Waals surface area contributed by atoms with E-state index < -0.39 is 0 Å². The molecule has 8 aromatic rings. The Balaban J connectivity index is 1.45. The van der Waals surface area contributed by atoms with Gasteiger partial charge in [-0.25, -0.2) is 0 Å². The summed E-state index contributed by atoms with van der Waals surface area (Å²) in [6, 6.07) is 57.4. The third-order valence-corrected chi connectivity index (χ3v) is 9.78. The van der Waals surface area contributed by atoms with E-state index in [1.807, 2.05) is 11.3 Å². The first-order valence-corrected chi connectivity index (χ1v) is 15.4. The molecule has 1 aromatic heterocycles. The lowest BCUT2D eigenvalue weighted by molar-refractivity contribution is 1.27. The van der Waals surface area contributed by atoms with Crippen LogP contribution in [0.1, 0.15) is 0 Å². The van der Waals surface area contributed by atoms with Crippen LogP contribution in [0, 0.1) is 0 Å². The third-order valence-electron chi connectivity index (χ3n) is 8.51. The van der Waals surface area contributed by atoms with E-state index in [-0.39, 0.29) is 0 Å². The standard InChI is InChI=1S/C40H26N2S/c1-3-14-29(15-4-1)41-31-24-28(34-19-9-13-27-12-7-8-18-33(27)34)25-32(26-31)42(30-16-5-2-6-17-30)38-23-11-21-36-35-20-10-22-37(41)39(35)43-40(36)38/h1-26H. The van der Waals surface area contributed by atoms with Crippen LogP contribution in [0.2, 0.25) is 0 Å². The molecule has 0 N–H and O–H groups in total. The number of hydrogen-bond donors (Lipinski definition) is 0. The van der Waals surface area contributed by atoms with Gasteiger partial charge in [-0.1, -0.05) is 103 Å². The van der Waals surface area contributed by atoms with Crippen molar-refractivity contribution in [3.63, 3.8) is 0 Å². The summed E-state index contributed by atoms with van der Waals surface area (Å²) in [4.78, 5) is 4.87. The van der Waals surface area contributed by atoms with E-state index in [0.717, 1.165) is 22.7 Å². The van der Waals surface area contributed by atoms with Gasteiger partial charge in [0.2, 0.25) is 0 Å². The van der Waals surface area contributed by atoms with Gasteiger partial charge in [0.15, 0.2) is 0 Å². The highest BCUT2D eigenvalue weighted by Gasteiger charge is 2.25. The van der Waals surface area contributed by atoms with Crippen LogP contribution < -0.4 is 9.80 Å². The Morgan fingerprint density at radius 2 is 0.860 bits per heavy atom. The molecule has 0 unspecified atom stereocenters. The van der Waals surface area contributed by atoms with Crippen molar-refractivity contribution in [2.75, 3.05) is 9.80 Å². The van der Waals surface area contributed by atoms with Crippen molar-refractivity contribution in [3.05, 3.63) is 158 Å². The molecule has 0 radical (unpaired) electrons. The maximum Gasteiger partial charge on any atom is 0.0640 e. The van der Waals surface area contributed by atoms with Crippen LogP contribution in [0.25, 0.3) is 42.1 Å². The molecule has 0 saturated heterocycles. The summed E-state index contributed by atoms with van der Waals surface area (Å²) >= 11 is 1.89. The predicted octanol–water partition coefficient (Wildman–Crippen LogP) is 12.1. The molecule has 202 valence electrons. The molecule has 3 heteroatoms. The predicted molar refractivity (Wildman–Crippen MR) is 185 cm³/mol. The summed E-state index contributed by atoms with van der Waals surface area (Å²) in [5.74, 6) is 0. The first-order chi connectivity index (χ1) is 21.3. The number of nitrogens with zero attached hydrogens (tertiary/aromatic N) is 2. The largest absolute Gasteiger partial charge is 0.309 e. The number of benzene rings is 7. The van der Waals surface area contributed by atoms with Crippen LogP contribution in [0.5, 0.6) is 0 Å². The van der Waals surface area contributed by atoms with E-state index in [1.54, 1.807) is 0 Å². The minimum atomic E-state index is 1.13. The molecule has 0 atom stereocenters. The van der Waals surface area contributed by atoms with Gasteiger partial charge in [0.05, 0.1) is 20.8 Å². The lowest BCUT2D eigenvalue weighted by Gasteiger charge is -2.31. The molecule has 2 heterocycles. The minimum Gasteiger partial charge on any atom is -0.309 e. The molecule has 1 aliphatic rings. The number of anilines is 6. The molecular weight excluding hydrogens is 541 g/mol. The Bertz CT molecular complexity index is 2180. The van der Waals surface area contributed by atoms with Gasteiger partial charge < -0.3 is 9.80 Å². The van der Waals surface area contributed by atoms with Gasteiger partial charge in [0, 0.05) is 33.5 Å². The van der Waals surface area contributed by atoms with Crippen molar-refractivity contribution in [1.29, 1.82) is 0 Å². The summed E-state index contributed by atoms with van der Waals surface area (Å²) in [7, 11) is 0. The maximum atomic E-state index is 2.43. The summed E-state index contributed by atoms with van der Waals surface area (Å²) in [6.45, 7) is 0. The molecule has 0 saturated carbocycles. The van der Waals surface area contributed by atoms with Crippen LogP contribution >= 0.6 is 11.3 Å². The van der Waals surface area contributed by atoms with Gasteiger partial charge in [0.25, 0.3) is 0 Å². The number of para-hydroxylation sites is 2. The van der Waals surface area contributed by atoms with Gasteiger partial charge in [-0.15, -0.1) is 11.3 Å². The summed E-state index contributed by atoms with van der Waals surface area (Å²) in [5.41, 5.74) is 9.35. The minimum absolute atomic E-state index is 1.13. The molecular formula is C40H26N2S. The summed E-state index contributed by atoms with van der Waals surface area (Å²) in [6.07, 6.45) is 0. The van der Waals surface area contributed by atoms with Gasteiger partial charge in [0.1, 0.15) is 0 Å². The number of hydrogen-bond acceptors (Lipinski definition) is 3. The SMILES string of the molecule is c1ccc(N2c3cc(-c4cccc5ccccc45)cc(c3)N(c3ccccc3)c3cccc4c3sc3c2cccc34)cc1. The zero-order chi connectivity index (χ0) is 28.3. The zero-order valence-electron chi connectivity index (χ0n) is 23.3. The quantitative estimate of drug-likeness (QED) is 0.210. The molecule has 0 fully saturated rings. The molecule has 2 nitrogen and oxygen atoms in total. The highest BCUT2D eigenvalue weighted by atomic mass is 32.1. The molecule has 0 aliphatic carbocycles. The van der Waals surface area contributed by atoms with Crippen LogP contribution in [0.4, 0.5) is 34.1 Å². The van der Waals surface area contributed by atoms with Crippen molar-refractivity contribution in [2.45, 2.75) is 0 Å². The first-order valence-electron chi connectivity index (χ1n) is 14.6. The second-order valence-corrected chi connectivity index (χ2v) is 12.0. The van der Waals surface area contributed by atoms with Crippen LogP contribution in [-0.4, -0.2) is 0 Å². The topological polar surface area (TPSA) is 6.48 Å². The number of fused-ring (bicyclic) bond motifs is 4. The Morgan fingerprint density at radius 1 is 0.372 bits per heavy atom. The molecule has 43 heavy (non-hydrogen) atoms. The molecule has 1 aliphatic heterocycles. The monoisotopic (exact) mass is 566 g/mol. The fraction of sp³-hybridized carbons (Fsp3) is 0. The molecule has 7 aromatic carbocycles. The van der Waals surface area contributed by atoms with E-state index in [1.165, 1.54) is 53.4 Å². The van der Waals surface area contributed by atoms with E-state index in [9.17, 15) is 0 Å². The summed E-state index contributed by atoms with van der Waals surface area (Å²) < 4.78 is 2.58. The maximum absolute atomic E-state index is 2.43. The van der Waals surface area contributed by atoms with Gasteiger partial charge in [-0.3, -0.25) is 0 Å². The lowest BCUT2D eigenvalue weighted by Crippen LogP contribution is -2.14. The van der Waals surface area contributed by atoms with Crippen molar-refractivity contribution in [1.82, 2.24) is 0 Å². The summed E-state index contributed by atoms with van der Waals surface area (Å²) in [5, 5.41) is 5.07. The Morgan fingerprint density at radius 3 is 1.47 bits per heavy atom. The van der Waals surface area contributed by atoms with Gasteiger partial charge in [-0.05, 0) is 76.5 Å². The second kappa shape index (κ2) is 9.59. The van der Waals surface area contributed by atoms with Crippen LogP contribution in [-0.2, 0) is 0 Å². The second-order valence-electron chi connectivity index (χ2n) is 11.0. The fourth-order valence-electron chi connectivity index (χ4n) is 6.64. The third kappa shape index (κ3) is 3.79. The smallest absolute Gasteiger partial charge is 0.0640 e. The fourth-order valence-corrected chi connectivity index (χ4v) is 7.95. The van der Waals surface area contributed by atoms with Crippen molar-refractivity contribution in [2.24, 2.45) is 0 Å². The number of rotatable bonds is 3. The van der Waals surface area contributed by atoms with E-state index in [2.05, 4.69) is 168 Å². The first kappa shape index (κ1) is 24.2. The molecule has 0 spiro atoms. The van der Waals surface area contributed by atoms with Crippen molar-refractivity contribution < 1.29 is 0 Å². The molecule has 4 bridgehead atoms. The number of thiophene rings is 1. The lowest BCUT2D eigenvalue weighted by atomic mass is 9.96. The average Bonchev–Trinajstić information content (AvgIpc) is 3.46. The van der Waals surface area contributed by atoms with E-state index in [0.29, 0.717) is 0 Å². The van der Waals surface area contributed by atoms with E-state index >= 15 is 0 Å². The van der Waals surface area contributed by atoms with Gasteiger partial charge >= 0.3 is 0 Å². The van der Waals surface area contributed by atoms with Crippen LogP contribution in [0.15, 0.2) is 158 Å². The Labute approximate surface area is 254 Å². The Kier molecular flexibility index (Phi) is 5.40. The average molecular weight is 567 g/mol. The van der Waals surface area contributed by atoms with Crippen molar-refractivity contribution >= 4 is 76.4 Å². The van der Waals surface area contributed by atoms with E-state index in [4.69, 9.17) is 0 Å². The normalized spacial score (nSPS) is 12.6. The zero-order valence-corrected chi connectivity index (χ0v) is 24.1.